The van der Waals surface area contributed by atoms with Gasteiger partial charge in [0, 0.05) is 10.6 Å². The van der Waals surface area contributed by atoms with Crippen molar-refractivity contribution in [1.82, 2.24) is 0 Å². The molecule has 2 heterocycles. The molecule has 21 heavy (non-hydrogen) atoms. The topological polar surface area (TPSA) is 30.8 Å². The van der Waals surface area contributed by atoms with Crippen molar-refractivity contribution in [3.05, 3.63) is 69.6 Å². The van der Waals surface area contributed by atoms with Gasteiger partial charge in [0.15, 0.2) is 10.4 Å². The van der Waals surface area contributed by atoms with Gasteiger partial charge in [-0.05, 0) is 39.5 Å². The van der Waals surface area contributed by atoms with Crippen molar-refractivity contribution in [2.24, 2.45) is 4.99 Å². The van der Waals surface area contributed by atoms with Crippen LogP contribution in [0.4, 0.5) is 0 Å². The standard InChI is InChI=1S/C17H12BrNO2/c1-20-14-8-9-15(18)21-17(14)10-12-7-6-11-4-2-3-5-13(11)16(12)19-17/h2-10H,1H3. The number of ether oxygens (including phenoxy) is 2. The Morgan fingerprint density at radius 1 is 1.14 bits per heavy atom. The fourth-order valence-electron chi connectivity index (χ4n) is 2.81. The number of rotatable bonds is 1. The summed E-state index contributed by atoms with van der Waals surface area (Å²) < 4.78 is 12.0. The van der Waals surface area contributed by atoms with Crippen LogP contribution in [0.25, 0.3) is 16.8 Å². The van der Waals surface area contributed by atoms with E-state index in [9.17, 15) is 0 Å². The number of nitrogens with zero attached hydrogens (tertiary/aromatic N) is 1. The second kappa shape index (κ2) is 4.46. The molecule has 0 fully saturated rings. The average Bonchev–Trinajstić information content (AvgIpc) is 2.86. The number of hydrogen-bond donors (Lipinski definition) is 0. The normalized spacial score (nSPS) is 22.8. The molecule has 4 heteroatoms. The van der Waals surface area contributed by atoms with Crippen LogP contribution in [0, 0.1) is 0 Å². The van der Waals surface area contributed by atoms with Crippen LogP contribution >= 0.6 is 15.9 Å². The molecule has 3 nitrogen and oxygen atoms in total. The minimum Gasteiger partial charge on any atom is -0.494 e. The number of halogens is 1. The molecule has 1 atom stereocenters. The van der Waals surface area contributed by atoms with Crippen LogP contribution in [0.15, 0.2) is 64.0 Å². The molecule has 2 aromatic carbocycles. The van der Waals surface area contributed by atoms with E-state index in [-0.39, 0.29) is 0 Å². The summed E-state index contributed by atoms with van der Waals surface area (Å²) in [7, 11) is 1.63. The third-order valence-electron chi connectivity index (χ3n) is 3.75. The Bertz CT molecular complexity index is 929. The van der Waals surface area contributed by atoms with E-state index in [1.165, 1.54) is 5.39 Å². The summed E-state index contributed by atoms with van der Waals surface area (Å²) in [5.41, 5.74) is -0.908. The van der Waals surface area contributed by atoms with Gasteiger partial charge in [-0.15, -0.1) is 0 Å². The molecule has 0 bridgehead atoms. The highest BCUT2D eigenvalue weighted by molar-refractivity contribution is 9.11. The van der Waals surface area contributed by atoms with Gasteiger partial charge < -0.3 is 9.47 Å². The molecule has 104 valence electrons. The average molecular weight is 342 g/mol. The third-order valence-corrected chi connectivity index (χ3v) is 4.18. The van der Waals surface area contributed by atoms with Crippen LogP contribution in [0.1, 0.15) is 0 Å². The van der Waals surface area contributed by atoms with Crippen molar-refractivity contribution in [2.45, 2.75) is 5.72 Å². The minimum atomic E-state index is -0.908. The molecule has 2 aliphatic rings. The summed E-state index contributed by atoms with van der Waals surface area (Å²) in [4.78, 5) is 4.83. The van der Waals surface area contributed by atoms with E-state index in [0.717, 1.165) is 16.0 Å². The summed E-state index contributed by atoms with van der Waals surface area (Å²) in [5, 5.41) is 4.28. The lowest BCUT2D eigenvalue weighted by Gasteiger charge is -2.29. The van der Waals surface area contributed by atoms with Crippen molar-refractivity contribution < 1.29 is 9.47 Å². The van der Waals surface area contributed by atoms with Crippen LogP contribution in [0.2, 0.25) is 0 Å². The Kier molecular flexibility index (Phi) is 2.69. The molecule has 1 spiro atoms. The van der Waals surface area contributed by atoms with E-state index in [1.54, 1.807) is 7.11 Å². The van der Waals surface area contributed by atoms with E-state index < -0.39 is 5.72 Å². The largest absolute Gasteiger partial charge is 0.494 e. The molecule has 0 aliphatic carbocycles. The van der Waals surface area contributed by atoms with Gasteiger partial charge in [0.05, 0.1) is 12.5 Å². The summed E-state index contributed by atoms with van der Waals surface area (Å²) in [6.45, 7) is 0. The zero-order chi connectivity index (χ0) is 14.4. The van der Waals surface area contributed by atoms with E-state index in [0.29, 0.717) is 10.4 Å². The molecule has 4 rings (SSSR count). The predicted octanol–water partition coefficient (Wildman–Crippen LogP) is 2.75. The molecule has 2 aromatic rings. The first kappa shape index (κ1) is 12.7. The van der Waals surface area contributed by atoms with E-state index in [2.05, 4.69) is 40.2 Å². The molecular formula is C17H12BrNO2. The molecule has 0 saturated carbocycles. The lowest BCUT2D eigenvalue weighted by Crippen LogP contribution is -2.31. The quantitative estimate of drug-likeness (QED) is 0.798. The maximum Gasteiger partial charge on any atom is 0.279 e. The van der Waals surface area contributed by atoms with Crippen LogP contribution in [0.5, 0.6) is 0 Å². The molecule has 0 radical (unpaired) electrons. The van der Waals surface area contributed by atoms with Gasteiger partial charge in [0.2, 0.25) is 0 Å². The molecule has 0 amide bonds. The molecule has 0 saturated heterocycles. The molecule has 0 aromatic heterocycles. The molecule has 1 unspecified atom stereocenters. The number of allylic oxidation sites excluding steroid dienone is 2. The van der Waals surface area contributed by atoms with Crippen molar-refractivity contribution in [3.63, 3.8) is 0 Å². The zero-order valence-corrected chi connectivity index (χ0v) is 12.9. The van der Waals surface area contributed by atoms with E-state index in [1.807, 2.05) is 30.4 Å². The maximum absolute atomic E-state index is 5.93. The van der Waals surface area contributed by atoms with E-state index >= 15 is 0 Å². The highest BCUT2D eigenvalue weighted by atomic mass is 79.9. The smallest absolute Gasteiger partial charge is 0.279 e. The van der Waals surface area contributed by atoms with Gasteiger partial charge in [0.25, 0.3) is 5.72 Å². The van der Waals surface area contributed by atoms with Crippen molar-refractivity contribution in [1.29, 1.82) is 0 Å². The summed E-state index contributed by atoms with van der Waals surface area (Å²) in [6.07, 6.45) is 5.69. The summed E-state index contributed by atoms with van der Waals surface area (Å²) >= 11 is 3.38. The Morgan fingerprint density at radius 3 is 2.86 bits per heavy atom. The maximum atomic E-state index is 5.93. The second-order valence-electron chi connectivity index (χ2n) is 4.98. The first-order valence-corrected chi connectivity index (χ1v) is 7.43. The highest BCUT2D eigenvalue weighted by Crippen LogP contribution is 2.35. The third kappa shape index (κ3) is 1.83. The first-order chi connectivity index (χ1) is 10.2. The summed E-state index contributed by atoms with van der Waals surface area (Å²) in [6, 6.07) is 12.4. The SMILES string of the molecule is COC1=CC=C(Br)OC12C=c1ccc3ccccc3c1=N2. The number of benzene rings is 2. The van der Waals surface area contributed by atoms with Gasteiger partial charge in [0.1, 0.15) is 0 Å². The van der Waals surface area contributed by atoms with Gasteiger partial charge in [-0.3, -0.25) is 0 Å². The Balaban J connectivity index is 2.03. The van der Waals surface area contributed by atoms with E-state index in [4.69, 9.17) is 14.5 Å². The number of hydrogen-bond acceptors (Lipinski definition) is 3. The molecule has 2 aliphatic heterocycles. The van der Waals surface area contributed by atoms with Gasteiger partial charge in [-0.1, -0.05) is 36.4 Å². The highest BCUT2D eigenvalue weighted by Gasteiger charge is 2.40. The Morgan fingerprint density at radius 2 is 2.00 bits per heavy atom. The van der Waals surface area contributed by atoms with Crippen LogP contribution in [-0.4, -0.2) is 12.8 Å². The van der Waals surface area contributed by atoms with Gasteiger partial charge in [-0.2, -0.15) is 0 Å². The first-order valence-electron chi connectivity index (χ1n) is 6.63. The van der Waals surface area contributed by atoms with Gasteiger partial charge in [-0.25, -0.2) is 4.99 Å². The van der Waals surface area contributed by atoms with Crippen LogP contribution in [-0.2, 0) is 9.47 Å². The van der Waals surface area contributed by atoms with Crippen molar-refractivity contribution in [2.75, 3.05) is 7.11 Å². The van der Waals surface area contributed by atoms with Crippen molar-refractivity contribution >= 4 is 32.8 Å². The summed E-state index contributed by atoms with van der Waals surface area (Å²) in [5.74, 6) is 0.672. The molecule has 0 N–H and O–H groups in total. The van der Waals surface area contributed by atoms with Crippen molar-refractivity contribution in [3.8, 4) is 0 Å². The van der Waals surface area contributed by atoms with Gasteiger partial charge >= 0.3 is 0 Å². The fourth-order valence-corrected chi connectivity index (χ4v) is 3.19. The predicted molar refractivity (Wildman–Crippen MR) is 85.1 cm³/mol. The Labute approximate surface area is 130 Å². The second-order valence-corrected chi connectivity index (χ2v) is 5.77. The lowest BCUT2D eigenvalue weighted by molar-refractivity contribution is 0.0568. The Hall–Kier alpha value is -2.07. The number of fused-ring (bicyclic) bond motifs is 3. The monoisotopic (exact) mass is 341 g/mol. The lowest BCUT2D eigenvalue weighted by atomic mass is 10.1. The van der Waals surface area contributed by atoms with Crippen LogP contribution in [0.3, 0.4) is 0 Å². The zero-order valence-electron chi connectivity index (χ0n) is 11.3. The van der Waals surface area contributed by atoms with Crippen LogP contribution < -0.4 is 10.6 Å². The fraction of sp³-hybridized carbons (Fsp3) is 0.118. The molecular weight excluding hydrogens is 330 g/mol. The number of methoxy groups -OCH3 is 1. The minimum absolute atomic E-state index is 0.639.